The fourth-order valence-electron chi connectivity index (χ4n) is 1.28. The summed E-state index contributed by atoms with van der Waals surface area (Å²) in [6.07, 6.45) is 2.91. The van der Waals surface area contributed by atoms with Crippen LogP contribution in [0.2, 0.25) is 0 Å². The van der Waals surface area contributed by atoms with Crippen molar-refractivity contribution >= 4 is 11.6 Å². The molecule has 0 radical (unpaired) electrons. The van der Waals surface area contributed by atoms with Gasteiger partial charge in [0.25, 0.3) is 5.91 Å². The third-order valence-electron chi connectivity index (χ3n) is 2.17. The number of nitrogens with zero attached hydrogens (tertiary/aromatic N) is 2. The lowest BCUT2D eigenvalue weighted by molar-refractivity contribution is 0.102. The van der Waals surface area contributed by atoms with Crippen molar-refractivity contribution < 1.29 is 9.90 Å². The molecule has 0 saturated heterocycles. The Morgan fingerprint density at radius 2 is 2.00 bits per heavy atom. The molecule has 2 rings (SSSR count). The molecule has 1 aromatic heterocycles. The topological polar surface area (TPSA) is 75.1 Å². The molecule has 0 spiro atoms. The van der Waals surface area contributed by atoms with E-state index in [0.29, 0.717) is 5.69 Å². The van der Waals surface area contributed by atoms with Gasteiger partial charge in [0.15, 0.2) is 0 Å². The Balaban J connectivity index is 2.17. The van der Waals surface area contributed by atoms with Crippen LogP contribution in [0.25, 0.3) is 0 Å². The van der Waals surface area contributed by atoms with Crippen LogP contribution in [-0.2, 0) is 0 Å². The van der Waals surface area contributed by atoms with Crippen molar-refractivity contribution in [3.63, 3.8) is 0 Å². The Bertz CT molecular complexity index is 538. The molecule has 5 nitrogen and oxygen atoms in total. The molecule has 1 aromatic carbocycles. The van der Waals surface area contributed by atoms with E-state index in [4.69, 9.17) is 0 Å². The van der Waals surface area contributed by atoms with Crippen molar-refractivity contribution in [1.29, 1.82) is 0 Å². The molecule has 0 atom stereocenters. The molecule has 1 heterocycles. The maximum atomic E-state index is 11.8. The molecule has 5 heteroatoms. The average Bonchev–Trinajstić information content (AvgIpc) is 2.33. The first-order valence-electron chi connectivity index (χ1n) is 5.05. The highest BCUT2D eigenvalue weighted by atomic mass is 16.3. The number of phenols is 1. The lowest BCUT2D eigenvalue weighted by Gasteiger charge is -2.06. The SMILES string of the molecule is Cc1cnc(C(=O)Nc2ccccc2O)cn1. The number of aromatic nitrogens is 2. The van der Waals surface area contributed by atoms with Gasteiger partial charge in [0, 0.05) is 6.20 Å². The fraction of sp³-hybridized carbons (Fsp3) is 0.0833. The Morgan fingerprint density at radius 3 is 2.65 bits per heavy atom. The summed E-state index contributed by atoms with van der Waals surface area (Å²) in [6.45, 7) is 1.79. The van der Waals surface area contributed by atoms with E-state index < -0.39 is 5.91 Å². The summed E-state index contributed by atoms with van der Waals surface area (Å²) >= 11 is 0. The molecule has 86 valence electrons. The maximum absolute atomic E-state index is 11.8. The van der Waals surface area contributed by atoms with E-state index in [1.807, 2.05) is 0 Å². The first-order valence-corrected chi connectivity index (χ1v) is 5.05. The highest BCUT2D eigenvalue weighted by Crippen LogP contribution is 2.21. The van der Waals surface area contributed by atoms with Crippen LogP contribution in [0.1, 0.15) is 16.2 Å². The molecule has 2 aromatic rings. The number of amides is 1. The predicted molar refractivity (Wildman–Crippen MR) is 62.8 cm³/mol. The highest BCUT2D eigenvalue weighted by molar-refractivity contribution is 6.03. The van der Waals surface area contributed by atoms with Crippen LogP contribution in [0.3, 0.4) is 0 Å². The smallest absolute Gasteiger partial charge is 0.275 e. The summed E-state index contributed by atoms with van der Waals surface area (Å²) < 4.78 is 0. The van der Waals surface area contributed by atoms with E-state index in [9.17, 15) is 9.90 Å². The van der Waals surface area contributed by atoms with Crippen LogP contribution in [0.4, 0.5) is 5.69 Å². The Morgan fingerprint density at radius 1 is 1.24 bits per heavy atom. The number of hydrogen-bond acceptors (Lipinski definition) is 4. The second-order valence-corrected chi connectivity index (χ2v) is 3.51. The minimum Gasteiger partial charge on any atom is -0.506 e. The Kier molecular flexibility index (Phi) is 3.00. The summed E-state index contributed by atoms with van der Waals surface area (Å²) in [5.74, 6) is -0.389. The zero-order chi connectivity index (χ0) is 12.3. The maximum Gasteiger partial charge on any atom is 0.275 e. The number of carbonyl (C=O) groups is 1. The standard InChI is InChI=1S/C12H11N3O2/c1-8-6-14-10(7-13-8)12(17)15-9-4-2-3-5-11(9)16/h2-7,16H,1H3,(H,15,17). The predicted octanol–water partition coefficient (Wildman–Crippen LogP) is 1.74. The molecule has 2 N–H and O–H groups in total. The molecule has 0 unspecified atom stereocenters. The van der Waals surface area contributed by atoms with Gasteiger partial charge in [-0.3, -0.25) is 9.78 Å². The number of aromatic hydroxyl groups is 1. The lowest BCUT2D eigenvalue weighted by Crippen LogP contribution is -2.14. The van der Waals surface area contributed by atoms with Gasteiger partial charge in [0.1, 0.15) is 11.4 Å². The van der Waals surface area contributed by atoms with Gasteiger partial charge in [0.2, 0.25) is 0 Å². The zero-order valence-corrected chi connectivity index (χ0v) is 9.21. The first-order chi connectivity index (χ1) is 8.16. The fourth-order valence-corrected chi connectivity index (χ4v) is 1.28. The van der Waals surface area contributed by atoms with Gasteiger partial charge < -0.3 is 10.4 Å². The Hall–Kier alpha value is -2.43. The monoisotopic (exact) mass is 229 g/mol. The molecule has 0 aliphatic carbocycles. The third kappa shape index (κ3) is 2.57. The van der Waals surface area contributed by atoms with Gasteiger partial charge in [-0.2, -0.15) is 0 Å². The van der Waals surface area contributed by atoms with E-state index in [1.165, 1.54) is 18.5 Å². The molecule has 0 aliphatic rings. The minimum absolute atomic E-state index is 0.0147. The average molecular weight is 229 g/mol. The highest BCUT2D eigenvalue weighted by Gasteiger charge is 2.09. The number of carbonyl (C=O) groups excluding carboxylic acids is 1. The summed E-state index contributed by atoms with van der Waals surface area (Å²) in [7, 11) is 0. The molecule has 0 aliphatic heterocycles. The molecule has 1 amide bonds. The van der Waals surface area contributed by atoms with E-state index in [0.717, 1.165) is 5.69 Å². The molecule has 0 saturated carbocycles. The van der Waals surface area contributed by atoms with Gasteiger partial charge in [-0.05, 0) is 19.1 Å². The van der Waals surface area contributed by atoms with Crippen molar-refractivity contribution in [1.82, 2.24) is 9.97 Å². The number of anilines is 1. The van der Waals surface area contributed by atoms with Crippen LogP contribution in [0, 0.1) is 6.92 Å². The van der Waals surface area contributed by atoms with Gasteiger partial charge in [-0.1, -0.05) is 12.1 Å². The molecule has 0 fully saturated rings. The largest absolute Gasteiger partial charge is 0.506 e. The van der Waals surface area contributed by atoms with Crippen molar-refractivity contribution in [3.05, 3.63) is 48.0 Å². The summed E-state index contributed by atoms with van der Waals surface area (Å²) in [4.78, 5) is 19.7. The van der Waals surface area contributed by atoms with Gasteiger partial charge in [0.05, 0.1) is 17.6 Å². The van der Waals surface area contributed by atoms with Crippen molar-refractivity contribution in [3.8, 4) is 5.75 Å². The summed E-state index contributed by atoms with van der Waals surface area (Å²) in [5.41, 5.74) is 1.29. The number of para-hydroxylation sites is 2. The molecular formula is C12H11N3O2. The van der Waals surface area contributed by atoms with Gasteiger partial charge in [-0.25, -0.2) is 4.98 Å². The van der Waals surface area contributed by atoms with Crippen LogP contribution < -0.4 is 5.32 Å². The van der Waals surface area contributed by atoms with E-state index in [2.05, 4.69) is 15.3 Å². The molecule has 17 heavy (non-hydrogen) atoms. The zero-order valence-electron chi connectivity index (χ0n) is 9.21. The van der Waals surface area contributed by atoms with Crippen LogP contribution in [0.15, 0.2) is 36.7 Å². The minimum atomic E-state index is -0.404. The molecule has 0 bridgehead atoms. The normalized spacial score (nSPS) is 9.94. The van der Waals surface area contributed by atoms with E-state index in [-0.39, 0.29) is 11.4 Å². The number of benzene rings is 1. The number of hydrogen-bond donors (Lipinski definition) is 2. The van der Waals surface area contributed by atoms with Crippen molar-refractivity contribution in [2.45, 2.75) is 6.92 Å². The third-order valence-corrected chi connectivity index (χ3v) is 2.17. The summed E-state index contributed by atoms with van der Waals surface area (Å²) in [5, 5.41) is 12.1. The van der Waals surface area contributed by atoms with Crippen molar-refractivity contribution in [2.75, 3.05) is 5.32 Å². The number of phenolic OH excluding ortho intramolecular Hbond substituents is 1. The van der Waals surface area contributed by atoms with Crippen LogP contribution >= 0.6 is 0 Å². The van der Waals surface area contributed by atoms with Crippen LogP contribution in [-0.4, -0.2) is 21.0 Å². The van der Waals surface area contributed by atoms with E-state index >= 15 is 0 Å². The number of nitrogens with one attached hydrogen (secondary N) is 1. The van der Waals surface area contributed by atoms with Gasteiger partial charge >= 0.3 is 0 Å². The van der Waals surface area contributed by atoms with Crippen molar-refractivity contribution in [2.24, 2.45) is 0 Å². The number of rotatable bonds is 2. The second-order valence-electron chi connectivity index (χ2n) is 3.51. The lowest BCUT2D eigenvalue weighted by atomic mass is 10.3. The summed E-state index contributed by atoms with van der Waals surface area (Å²) in [6, 6.07) is 6.50. The van der Waals surface area contributed by atoms with Crippen LogP contribution in [0.5, 0.6) is 5.75 Å². The van der Waals surface area contributed by atoms with Gasteiger partial charge in [-0.15, -0.1) is 0 Å². The number of aryl methyl sites for hydroxylation is 1. The Labute approximate surface area is 98.2 Å². The quantitative estimate of drug-likeness (QED) is 0.769. The molecular weight excluding hydrogens is 218 g/mol. The first kappa shape index (κ1) is 11.1. The second kappa shape index (κ2) is 4.61. The van der Waals surface area contributed by atoms with E-state index in [1.54, 1.807) is 25.1 Å².